The maximum Gasteiger partial charge on any atom is 0.248 e. The zero-order chi connectivity index (χ0) is 25.8. The van der Waals surface area contributed by atoms with Gasteiger partial charge in [0.2, 0.25) is 5.91 Å². The van der Waals surface area contributed by atoms with Crippen molar-refractivity contribution in [3.05, 3.63) is 71.7 Å². The first-order valence-electron chi connectivity index (χ1n) is 11.5. The molecule has 3 aromatic rings. The molecule has 0 aliphatic heterocycles. The normalized spacial score (nSPS) is 12.5. The van der Waals surface area contributed by atoms with Crippen LogP contribution in [-0.2, 0) is 11.3 Å². The van der Waals surface area contributed by atoms with E-state index in [2.05, 4.69) is 0 Å². The Hall–Kier alpha value is -3.30. The minimum absolute atomic E-state index is 0.0206. The fourth-order valence-corrected chi connectivity index (χ4v) is 4.23. The third-order valence-corrected chi connectivity index (χ3v) is 5.75. The number of aromatic nitrogens is 2. The zero-order valence-corrected chi connectivity index (χ0v) is 20.3. The minimum atomic E-state index is -0.668. The van der Waals surface area contributed by atoms with Crippen LogP contribution in [0.3, 0.4) is 0 Å². The summed E-state index contributed by atoms with van der Waals surface area (Å²) in [6, 6.07) is 9.96. The fraction of sp³-hybridized carbons (Fsp3) is 0.385. The molecule has 9 heteroatoms. The summed E-state index contributed by atoms with van der Waals surface area (Å²) in [6.45, 7) is 6.22. The molecule has 0 saturated heterocycles. The topological polar surface area (TPSA) is 110 Å². The van der Waals surface area contributed by atoms with Gasteiger partial charge in [-0.15, -0.1) is 0 Å². The van der Waals surface area contributed by atoms with E-state index in [0.29, 0.717) is 37.6 Å². The molecule has 3 rings (SSSR count). The summed E-state index contributed by atoms with van der Waals surface area (Å²) in [6.07, 6.45) is 2.18. The van der Waals surface area contributed by atoms with Gasteiger partial charge in [-0.25, -0.2) is 13.8 Å². The second-order valence-corrected chi connectivity index (χ2v) is 9.64. The van der Waals surface area contributed by atoms with E-state index in [9.17, 15) is 18.7 Å². The highest BCUT2D eigenvalue weighted by molar-refractivity contribution is 5.77. The standard InChI is InChI=1S/C26H33F2N5O2/c1-26(2,3)24(33(11-5-10-29)23(35)16-34)25-31-22(20-13-18(27)8-9-21(20)28)15-32(25)14-17-6-4-7-19(30)12-17/h4,6-9,12-13,15,24,34H,5,10-11,14,16,29-30H2,1-3H3/t24-/m0/s1. The van der Waals surface area contributed by atoms with Gasteiger partial charge in [0.1, 0.15) is 24.1 Å². The Labute approximate surface area is 204 Å². The van der Waals surface area contributed by atoms with Crippen LogP contribution in [0.1, 0.15) is 44.6 Å². The number of nitrogens with zero attached hydrogens (tertiary/aromatic N) is 3. The van der Waals surface area contributed by atoms with Crippen molar-refractivity contribution in [2.75, 3.05) is 25.4 Å². The van der Waals surface area contributed by atoms with E-state index in [4.69, 9.17) is 16.5 Å². The maximum atomic E-state index is 14.7. The van der Waals surface area contributed by atoms with Crippen molar-refractivity contribution < 1.29 is 18.7 Å². The van der Waals surface area contributed by atoms with Gasteiger partial charge in [0.15, 0.2) is 0 Å². The third-order valence-electron chi connectivity index (χ3n) is 5.75. The first kappa shape index (κ1) is 26.3. The van der Waals surface area contributed by atoms with Gasteiger partial charge >= 0.3 is 0 Å². The average molecular weight is 486 g/mol. The van der Waals surface area contributed by atoms with Crippen LogP contribution in [0.25, 0.3) is 11.3 Å². The number of rotatable bonds is 9. The summed E-state index contributed by atoms with van der Waals surface area (Å²) >= 11 is 0. The highest BCUT2D eigenvalue weighted by Crippen LogP contribution is 2.39. The number of halogens is 2. The number of anilines is 1. The number of nitrogen functional groups attached to an aromatic ring is 1. The molecule has 1 aromatic heterocycles. The summed E-state index contributed by atoms with van der Waals surface area (Å²) in [7, 11) is 0. The summed E-state index contributed by atoms with van der Waals surface area (Å²) in [5.41, 5.74) is 12.9. The second-order valence-electron chi connectivity index (χ2n) is 9.64. The summed E-state index contributed by atoms with van der Waals surface area (Å²) in [5, 5.41) is 9.70. The van der Waals surface area contributed by atoms with Gasteiger partial charge in [0.05, 0.1) is 11.7 Å². The smallest absolute Gasteiger partial charge is 0.248 e. The Bertz CT molecular complexity index is 1170. The summed E-state index contributed by atoms with van der Waals surface area (Å²) in [5.74, 6) is -1.17. The predicted molar refractivity (Wildman–Crippen MR) is 132 cm³/mol. The van der Waals surface area contributed by atoms with Gasteiger partial charge in [0, 0.05) is 30.5 Å². The molecule has 0 unspecified atom stereocenters. The van der Waals surface area contributed by atoms with Gasteiger partial charge in [-0.2, -0.15) is 0 Å². The second kappa shape index (κ2) is 11.0. The molecule has 2 aromatic carbocycles. The Morgan fingerprint density at radius 3 is 2.57 bits per heavy atom. The summed E-state index contributed by atoms with van der Waals surface area (Å²) < 4.78 is 30.5. The highest BCUT2D eigenvalue weighted by Gasteiger charge is 2.38. The minimum Gasteiger partial charge on any atom is -0.399 e. The lowest BCUT2D eigenvalue weighted by atomic mass is 9.84. The Morgan fingerprint density at radius 1 is 1.20 bits per heavy atom. The number of hydrogen-bond acceptors (Lipinski definition) is 5. The van der Waals surface area contributed by atoms with Crippen LogP contribution in [-0.4, -0.2) is 45.2 Å². The number of hydrogen-bond donors (Lipinski definition) is 3. The summed E-state index contributed by atoms with van der Waals surface area (Å²) in [4.78, 5) is 19.1. The molecule has 0 bridgehead atoms. The van der Waals surface area contributed by atoms with Gasteiger partial charge in [-0.05, 0) is 54.3 Å². The van der Waals surface area contributed by atoms with Crippen molar-refractivity contribution in [3.63, 3.8) is 0 Å². The average Bonchev–Trinajstić information content (AvgIpc) is 3.19. The van der Waals surface area contributed by atoms with Gasteiger partial charge < -0.3 is 26.0 Å². The Balaban J connectivity index is 2.22. The van der Waals surface area contributed by atoms with Crippen LogP contribution in [0.4, 0.5) is 14.5 Å². The monoisotopic (exact) mass is 485 g/mol. The van der Waals surface area contributed by atoms with E-state index >= 15 is 0 Å². The molecule has 188 valence electrons. The zero-order valence-electron chi connectivity index (χ0n) is 20.3. The number of amides is 1. The van der Waals surface area contributed by atoms with Crippen molar-refractivity contribution in [1.29, 1.82) is 0 Å². The van der Waals surface area contributed by atoms with Crippen molar-refractivity contribution in [3.8, 4) is 11.3 Å². The first-order chi connectivity index (χ1) is 16.5. The first-order valence-corrected chi connectivity index (χ1v) is 11.5. The molecule has 0 spiro atoms. The molecule has 0 radical (unpaired) electrons. The largest absolute Gasteiger partial charge is 0.399 e. The van der Waals surface area contributed by atoms with Crippen molar-refractivity contribution in [1.82, 2.24) is 14.5 Å². The van der Waals surface area contributed by atoms with Crippen LogP contribution in [0.15, 0.2) is 48.7 Å². The lowest BCUT2D eigenvalue weighted by molar-refractivity contribution is -0.139. The van der Waals surface area contributed by atoms with E-state index in [1.165, 1.54) is 0 Å². The van der Waals surface area contributed by atoms with Crippen molar-refractivity contribution in [2.24, 2.45) is 11.1 Å². The number of benzene rings is 2. The molecule has 1 atom stereocenters. The van der Waals surface area contributed by atoms with Crippen molar-refractivity contribution >= 4 is 11.6 Å². The van der Waals surface area contributed by atoms with Crippen LogP contribution in [0.5, 0.6) is 0 Å². The number of aliphatic hydroxyl groups excluding tert-OH is 1. The van der Waals surface area contributed by atoms with Crippen LogP contribution in [0, 0.1) is 17.0 Å². The van der Waals surface area contributed by atoms with E-state index < -0.39 is 35.6 Å². The number of carbonyl (C=O) groups is 1. The predicted octanol–water partition coefficient (Wildman–Crippen LogP) is 3.72. The van der Waals surface area contributed by atoms with Crippen molar-refractivity contribution in [2.45, 2.75) is 39.8 Å². The molecule has 1 heterocycles. The highest BCUT2D eigenvalue weighted by atomic mass is 19.1. The fourth-order valence-electron chi connectivity index (χ4n) is 4.23. The van der Waals surface area contributed by atoms with Crippen LogP contribution >= 0.6 is 0 Å². The number of imidazole rings is 1. The lowest BCUT2D eigenvalue weighted by Crippen LogP contribution is -2.44. The van der Waals surface area contributed by atoms with E-state index in [1.807, 2.05) is 43.5 Å². The molecular formula is C26H33F2N5O2. The number of nitrogens with two attached hydrogens (primary N) is 2. The quantitative estimate of drug-likeness (QED) is 0.400. The Morgan fingerprint density at radius 2 is 1.94 bits per heavy atom. The molecule has 5 N–H and O–H groups in total. The third kappa shape index (κ3) is 6.23. The van der Waals surface area contributed by atoms with Gasteiger partial charge in [-0.1, -0.05) is 32.9 Å². The van der Waals surface area contributed by atoms with Gasteiger partial charge in [0.25, 0.3) is 0 Å². The molecule has 0 aliphatic carbocycles. The number of aliphatic hydroxyl groups is 1. The van der Waals surface area contributed by atoms with E-state index in [1.54, 1.807) is 17.2 Å². The van der Waals surface area contributed by atoms with Crippen LogP contribution < -0.4 is 11.5 Å². The molecule has 7 nitrogen and oxygen atoms in total. The molecule has 1 amide bonds. The van der Waals surface area contributed by atoms with Crippen LogP contribution in [0.2, 0.25) is 0 Å². The molecule has 0 saturated carbocycles. The Kier molecular flexibility index (Phi) is 8.24. The van der Waals surface area contributed by atoms with E-state index in [0.717, 1.165) is 23.8 Å². The molecule has 0 fully saturated rings. The van der Waals surface area contributed by atoms with E-state index in [-0.39, 0.29) is 11.3 Å². The lowest BCUT2D eigenvalue weighted by Gasteiger charge is -2.40. The number of carbonyl (C=O) groups excluding carboxylic acids is 1. The maximum absolute atomic E-state index is 14.7. The molecule has 35 heavy (non-hydrogen) atoms. The SMILES string of the molecule is CC(C)(C)[C@H](c1nc(-c2cc(F)ccc2F)cn1Cc1cccc(N)c1)N(CCCN)C(=O)CO. The van der Waals surface area contributed by atoms with Gasteiger partial charge in [-0.3, -0.25) is 4.79 Å². The molecular weight excluding hydrogens is 452 g/mol. The molecule has 0 aliphatic rings.